The highest BCUT2D eigenvalue weighted by Gasteiger charge is 2.36. The van der Waals surface area contributed by atoms with Crippen LogP contribution >= 0.6 is 11.3 Å². The average molecular weight is 347 g/mol. The Kier molecular flexibility index (Phi) is 4.90. The third-order valence-electron chi connectivity index (χ3n) is 5.20. The first-order valence-electron chi connectivity index (χ1n) is 8.41. The summed E-state index contributed by atoms with van der Waals surface area (Å²) >= 11 is 1.63. The molecule has 3 rings (SSSR count). The minimum atomic E-state index is 0.00288. The van der Waals surface area contributed by atoms with Gasteiger partial charge in [-0.2, -0.15) is 0 Å². The van der Waals surface area contributed by atoms with Crippen molar-refractivity contribution in [3.05, 3.63) is 28.8 Å². The summed E-state index contributed by atoms with van der Waals surface area (Å²) in [6.07, 6.45) is 2.15. The molecule has 1 N–H and O–H groups in total. The van der Waals surface area contributed by atoms with Crippen molar-refractivity contribution in [3.8, 4) is 0 Å². The molecule has 1 amide bonds. The molecule has 0 atom stereocenters. The molecule has 0 unspecified atom stereocenters. The van der Waals surface area contributed by atoms with Gasteiger partial charge in [-0.3, -0.25) is 4.79 Å². The van der Waals surface area contributed by atoms with Gasteiger partial charge in [0.05, 0.1) is 15.2 Å². The fourth-order valence-electron chi connectivity index (χ4n) is 3.34. The number of hydrogen-bond donors (Lipinski definition) is 1. The molecule has 1 aromatic heterocycles. The third kappa shape index (κ3) is 3.45. The Balaban J connectivity index is 1.70. The number of amides is 1. The zero-order valence-electron chi connectivity index (χ0n) is 14.9. The van der Waals surface area contributed by atoms with Gasteiger partial charge in [0.1, 0.15) is 0 Å². The lowest BCUT2D eigenvalue weighted by Crippen LogP contribution is -2.57. The van der Waals surface area contributed by atoms with Crippen molar-refractivity contribution in [2.45, 2.75) is 25.3 Å². The Morgan fingerprint density at radius 2 is 2.08 bits per heavy atom. The number of likely N-dealkylation sites (tertiary alicyclic amines) is 1. The van der Waals surface area contributed by atoms with E-state index >= 15 is 0 Å². The van der Waals surface area contributed by atoms with Crippen LogP contribution in [0.1, 0.15) is 28.2 Å². The van der Waals surface area contributed by atoms with E-state index in [2.05, 4.69) is 41.2 Å². The van der Waals surface area contributed by atoms with E-state index in [-0.39, 0.29) is 11.4 Å². The second-order valence-corrected chi connectivity index (χ2v) is 8.25. The van der Waals surface area contributed by atoms with E-state index in [1.165, 1.54) is 0 Å². The van der Waals surface area contributed by atoms with E-state index in [0.717, 1.165) is 41.2 Å². The molecular weight excluding hydrogens is 320 g/mol. The van der Waals surface area contributed by atoms with Crippen molar-refractivity contribution in [2.75, 3.05) is 40.8 Å². The second-order valence-electron chi connectivity index (χ2n) is 7.02. The lowest BCUT2D eigenvalue weighted by atomic mass is 9.86. The maximum Gasteiger partial charge on any atom is 0.251 e. The predicted octanol–water partition coefficient (Wildman–Crippen LogP) is 2.36. The van der Waals surface area contributed by atoms with Crippen molar-refractivity contribution in [1.29, 1.82) is 0 Å². The molecule has 0 aliphatic carbocycles. The van der Waals surface area contributed by atoms with Crippen LogP contribution in [-0.4, -0.2) is 67.0 Å². The minimum Gasteiger partial charge on any atom is -0.350 e. The van der Waals surface area contributed by atoms with E-state index in [9.17, 15) is 4.79 Å². The predicted molar refractivity (Wildman–Crippen MR) is 99.8 cm³/mol. The standard InChI is InChI=1S/C18H26N4OS/c1-13-20-15-6-5-14(11-16(15)24-13)17(23)19-12-18(21(2)3)7-9-22(4)10-8-18/h5-6,11H,7-10,12H2,1-4H3,(H,19,23). The van der Waals surface area contributed by atoms with E-state index < -0.39 is 0 Å². The van der Waals surface area contributed by atoms with Crippen molar-refractivity contribution in [2.24, 2.45) is 0 Å². The average Bonchev–Trinajstić information content (AvgIpc) is 2.93. The Bertz CT molecular complexity index is 732. The van der Waals surface area contributed by atoms with E-state index in [4.69, 9.17) is 0 Å². The number of piperidine rings is 1. The molecule has 1 aliphatic heterocycles. The summed E-state index contributed by atoms with van der Waals surface area (Å²) in [5.41, 5.74) is 1.73. The molecule has 2 aromatic rings. The molecular formula is C18H26N4OS. The van der Waals surface area contributed by atoms with Gasteiger partial charge in [-0.05, 0) is 72.2 Å². The van der Waals surface area contributed by atoms with Crippen molar-refractivity contribution >= 4 is 27.5 Å². The molecule has 130 valence electrons. The van der Waals surface area contributed by atoms with Gasteiger partial charge in [-0.15, -0.1) is 11.3 Å². The Labute approximate surface area is 147 Å². The molecule has 2 heterocycles. The number of thiazole rings is 1. The van der Waals surface area contributed by atoms with Gasteiger partial charge >= 0.3 is 0 Å². The smallest absolute Gasteiger partial charge is 0.251 e. The summed E-state index contributed by atoms with van der Waals surface area (Å²) in [5, 5.41) is 4.19. The molecule has 1 saturated heterocycles. The first-order chi connectivity index (χ1) is 11.4. The Morgan fingerprint density at radius 3 is 2.75 bits per heavy atom. The van der Waals surface area contributed by atoms with Crippen LogP contribution in [0.5, 0.6) is 0 Å². The number of likely N-dealkylation sites (N-methyl/N-ethyl adjacent to an activating group) is 1. The lowest BCUT2D eigenvalue weighted by molar-refractivity contribution is 0.0612. The number of nitrogens with one attached hydrogen (secondary N) is 1. The summed E-state index contributed by atoms with van der Waals surface area (Å²) in [7, 11) is 6.39. The highest BCUT2D eigenvalue weighted by atomic mass is 32.1. The SMILES string of the molecule is Cc1nc2ccc(C(=O)NCC3(N(C)C)CCN(C)CC3)cc2s1. The lowest BCUT2D eigenvalue weighted by Gasteiger charge is -2.45. The number of aryl methyl sites for hydroxylation is 1. The summed E-state index contributed by atoms with van der Waals surface area (Å²) in [6, 6.07) is 5.76. The second kappa shape index (κ2) is 6.78. The fourth-order valence-corrected chi connectivity index (χ4v) is 4.21. The largest absolute Gasteiger partial charge is 0.350 e. The zero-order valence-corrected chi connectivity index (χ0v) is 15.7. The van der Waals surface area contributed by atoms with Crippen LogP contribution in [0.4, 0.5) is 0 Å². The molecule has 24 heavy (non-hydrogen) atoms. The molecule has 6 heteroatoms. The van der Waals surface area contributed by atoms with Crippen molar-refractivity contribution in [3.63, 3.8) is 0 Å². The number of rotatable bonds is 4. The number of nitrogens with zero attached hydrogens (tertiary/aromatic N) is 3. The highest BCUT2D eigenvalue weighted by molar-refractivity contribution is 7.18. The monoisotopic (exact) mass is 346 g/mol. The normalized spacial score (nSPS) is 18.2. The number of aromatic nitrogens is 1. The minimum absolute atomic E-state index is 0.00288. The molecule has 1 fully saturated rings. The summed E-state index contributed by atoms with van der Waals surface area (Å²) < 4.78 is 1.07. The Hall–Kier alpha value is -1.50. The maximum absolute atomic E-state index is 12.6. The van der Waals surface area contributed by atoms with Crippen LogP contribution in [-0.2, 0) is 0 Å². The molecule has 0 saturated carbocycles. The van der Waals surface area contributed by atoms with E-state index in [1.54, 1.807) is 11.3 Å². The van der Waals surface area contributed by atoms with Gasteiger partial charge in [-0.25, -0.2) is 4.98 Å². The molecule has 1 aromatic carbocycles. The van der Waals surface area contributed by atoms with E-state index in [1.807, 2.05) is 25.1 Å². The zero-order chi connectivity index (χ0) is 17.3. The molecule has 5 nitrogen and oxygen atoms in total. The van der Waals surface area contributed by atoms with Crippen LogP contribution in [0.25, 0.3) is 10.2 Å². The van der Waals surface area contributed by atoms with Crippen LogP contribution in [0.3, 0.4) is 0 Å². The number of fused-ring (bicyclic) bond motifs is 1. The van der Waals surface area contributed by atoms with Gasteiger partial charge in [-0.1, -0.05) is 0 Å². The topological polar surface area (TPSA) is 48.5 Å². The van der Waals surface area contributed by atoms with Gasteiger partial charge in [0.15, 0.2) is 0 Å². The fraction of sp³-hybridized carbons (Fsp3) is 0.556. The van der Waals surface area contributed by atoms with Gasteiger partial charge < -0.3 is 15.1 Å². The van der Waals surface area contributed by atoms with Crippen LogP contribution in [0, 0.1) is 6.92 Å². The first kappa shape index (κ1) is 17.3. The summed E-state index contributed by atoms with van der Waals surface area (Å²) in [5.74, 6) is 0.00288. The number of hydrogen-bond acceptors (Lipinski definition) is 5. The maximum atomic E-state index is 12.6. The number of benzene rings is 1. The number of carbonyl (C=O) groups is 1. The molecule has 0 radical (unpaired) electrons. The third-order valence-corrected chi connectivity index (χ3v) is 6.14. The highest BCUT2D eigenvalue weighted by Crippen LogP contribution is 2.26. The molecule has 0 spiro atoms. The summed E-state index contributed by atoms with van der Waals surface area (Å²) in [4.78, 5) is 21.7. The molecule has 0 bridgehead atoms. The quantitative estimate of drug-likeness (QED) is 0.923. The van der Waals surface area contributed by atoms with E-state index in [0.29, 0.717) is 12.1 Å². The van der Waals surface area contributed by atoms with Crippen molar-refractivity contribution in [1.82, 2.24) is 20.1 Å². The van der Waals surface area contributed by atoms with Gasteiger partial charge in [0, 0.05) is 17.6 Å². The number of carbonyl (C=O) groups excluding carboxylic acids is 1. The Morgan fingerprint density at radius 1 is 1.38 bits per heavy atom. The van der Waals surface area contributed by atoms with Crippen LogP contribution < -0.4 is 5.32 Å². The van der Waals surface area contributed by atoms with Crippen LogP contribution in [0.15, 0.2) is 18.2 Å². The van der Waals surface area contributed by atoms with Gasteiger partial charge in [0.2, 0.25) is 0 Å². The molecule has 1 aliphatic rings. The van der Waals surface area contributed by atoms with Crippen molar-refractivity contribution < 1.29 is 4.79 Å². The van der Waals surface area contributed by atoms with Gasteiger partial charge in [0.25, 0.3) is 5.91 Å². The van der Waals surface area contributed by atoms with Crippen LogP contribution in [0.2, 0.25) is 0 Å². The summed E-state index contributed by atoms with van der Waals surface area (Å²) in [6.45, 7) is 4.82. The first-order valence-corrected chi connectivity index (χ1v) is 9.23.